The zero-order valence-corrected chi connectivity index (χ0v) is 18.1. The maximum Gasteiger partial charge on any atom is 0.260 e. The number of carbonyl (C=O) groups is 2. The number of rotatable bonds is 3. The number of fused-ring (bicyclic) bond motifs is 2. The number of anilines is 4. The van der Waals surface area contributed by atoms with Gasteiger partial charge in [0.1, 0.15) is 11.6 Å². The Balaban J connectivity index is 1.40. The normalized spacial score (nSPS) is 12.1. The first kappa shape index (κ1) is 20.7. The van der Waals surface area contributed by atoms with Crippen LogP contribution >= 0.6 is 11.6 Å². The molecule has 0 spiro atoms. The van der Waals surface area contributed by atoms with Gasteiger partial charge in [0.05, 0.1) is 34.1 Å². The molecule has 0 saturated carbocycles. The number of nitrogens with zero attached hydrogens (tertiary/aromatic N) is 3. The van der Waals surface area contributed by atoms with Crippen molar-refractivity contribution in [3.8, 4) is 0 Å². The van der Waals surface area contributed by atoms with Crippen LogP contribution in [0, 0.1) is 0 Å². The molecule has 0 saturated heterocycles. The lowest BCUT2D eigenvalue weighted by atomic mass is 10.1. The number of carbonyl (C=O) groups excluding carboxylic acids is 2. The van der Waals surface area contributed by atoms with Crippen molar-refractivity contribution >= 4 is 46.4 Å². The molecule has 0 aliphatic carbocycles. The fourth-order valence-electron chi connectivity index (χ4n) is 3.64. The van der Waals surface area contributed by atoms with E-state index >= 15 is 0 Å². The van der Waals surface area contributed by atoms with E-state index in [0.717, 1.165) is 22.8 Å². The summed E-state index contributed by atoms with van der Waals surface area (Å²) < 4.78 is 0. The fraction of sp³-hybridized carbons (Fsp3) is 0.0400. The number of pyridine rings is 2. The lowest BCUT2D eigenvalue weighted by molar-refractivity contribution is 0.0984. The topological polar surface area (TPSA) is 87.2 Å². The molecular formula is C25H18ClN5O2. The Morgan fingerprint density at radius 3 is 2.58 bits per heavy atom. The third-order valence-electron chi connectivity index (χ3n) is 5.28. The van der Waals surface area contributed by atoms with E-state index in [1.54, 1.807) is 47.5 Å². The molecule has 1 aliphatic heterocycles. The van der Waals surface area contributed by atoms with E-state index in [0.29, 0.717) is 28.5 Å². The number of hydrogen-bond acceptors (Lipinski definition) is 5. The number of nitrogens with one attached hydrogen (secondary N) is 2. The average Bonchev–Trinajstić information content (AvgIpc) is 3.01. The van der Waals surface area contributed by atoms with E-state index in [9.17, 15) is 9.59 Å². The van der Waals surface area contributed by atoms with E-state index in [2.05, 4.69) is 20.6 Å². The molecule has 33 heavy (non-hydrogen) atoms. The van der Waals surface area contributed by atoms with Gasteiger partial charge >= 0.3 is 0 Å². The van der Waals surface area contributed by atoms with E-state index in [-0.39, 0.29) is 11.8 Å². The molecule has 0 atom stereocenters. The molecule has 8 heteroatoms. The first-order valence-electron chi connectivity index (χ1n) is 10.2. The molecule has 162 valence electrons. The summed E-state index contributed by atoms with van der Waals surface area (Å²) in [4.78, 5) is 36.3. The quantitative estimate of drug-likeness (QED) is 0.438. The van der Waals surface area contributed by atoms with Gasteiger partial charge in [0.15, 0.2) is 0 Å². The highest BCUT2D eigenvalue weighted by molar-refractivity contribution is 6.34. The van der Waals surface area contributed by atoms with E-state index < -0.39 is 0 Å². The summed E-state index contributed by atoms with van der Waals surface area (Å²) in [7, 11) is 0. The van der Waals surface area contributed by atoms with Crippen LogP contribution in [0.4, 0.5) is 23.0 Å². The van der Waals surface area contributed by atoms with Crippen LogP contribution in [0.2, 0.25) is 5.02 Å². The van der Waals surface area contributed by atoms with Gasteiger partial charge in [0, 0.05) is 18.0 Å². The van der Waals surface area contributed by atoms with E-state index in [1.165, 1.54) is 6.20 Å². The number of aromatic nitrogens is 2. The predicted octanol–water partition coefficient (Wildman–Crippen LogP) is 5.29. The Labute approximate surface area is 195 Å². The van der Waals surface area contributed by atoms with Crippen molar-refractivity contribution in [3.63, 3.8) is 0 Å². The second-order valence-corrected chi connectivity index (χ2v) is 7.82. The minimum Gasteiger partial charge on any atom is -0.338 e. The van der Waals surface area contributed by atoms with Crippen molar-refractivity contribution in [2.24, 2.45) is 0 Å². The molecule has 2 aromatic carbocycles. The Morgan fingerprint density at radius 1 is 0.939 bits per heavy atom. The van der Waals surface area contributed by atoms with Crippen LogP contribution in [-0.4, -0.2) is 21.8 Å². The zero-order valence-electron chi connectivity index (χ0n) is 17.3. The Bertz CT molecular complexity index is 1360. The fourth-order valence-corrected chi connectivity index (χ4v) is 3.86. The maximum atomic E-state index is 13.5. The molecule has 2 amide bonds. The van der Waals surface area contributed by atoms with Gasteiger partial charge in [-0.2, -0.15) is 0 Å². The third kappa shape index (κ3) is 4.14. The summed E-state index contributed by atoms with van der Waals surface area (Å²) >= 11 is 6.09. The van der Waals surface area contributed by atoms with Gasteiger partial charge in [0.2, 0.25) is 0 Å². The lowest BCUT2D eigenvalue weighted by Gasteiger charge is -2.22. The van der Waals surface area contributed by atoms with Crippen molar-refractivity contribution in [1.29, 1.82) is 0 Å². The number of amides is 2. The number of benzene rings is 2. The molecule has 0 radical (unpaired) electrons. The standard InChI is InChI=1S/C25H18ClN5O2/c26-19-8-2-1-7-18(19)24(32)30-22-12-11-16(14-28-22)25(33)31-15-17-6-5-13-27-23(17)29-20-9-3-4-10-21(20)31/h1-14H,15H2,(H,27,29)(H,28,30,32). The summed E-state index contributed by atoms with van der Waals surface area (Å²) in [6.45, 7) is 0.358. The molecule has 7 nitrogen and oxygen atoms in total. The largest absolute Gasteiger partial charge is 0.338 e. The minimum absolute atomic E-state index is 0.211. The SMILES string of the molecule is O=C(Nc1ccc(C(=O)N2Cc3cccnc3Nc3ccccc32)cn1)c1ccccc1Cl. The summed E-state index contributed by atoms with van der Waals surface area (Å²) in [6.07, 6.45) is 3.17. The van der Waals surface area contributed by atoms with Crippen molar-refractivity contribution in [2.75, 3.05) is 15.5 Å². The van der Waals surface area contributed by atoms with Gasteiger partial charge in [-0.3, -0.25) is 9.59 Å². The molecule has 0 bridgehead atoms. The first-order valence-corrected chi connectivity index (χ1v) is 10.6. The molecule has 0 fully saturated rings. The smallest absolute Gasteiger partial charge is 0.260 e. The van der Waals surface area contributed by atoms with Crippen LogP contribution in [0.1, 0.15) is 26.3 Å². The summed E-state index contributed by atoms with van der Waals surface area (Å²) in [5.74, 6) is 0.459. The Hall–Kier alpha value is -4.23. The third-order valence-corrected chi connectivity index (χ3v) is 5.61. The molecule has 4 aromatic rings. The molecule has 0 unspecified atom stereocenters. The van der Waals surface area contributed by atoms with Gasteiger partial charge in [0.25, 0.3) is 11.8 Å². The van der Waals surface area contributed by atoms with E-state index in [4.69, 9.17) is 11.6 Å². The lowest BCUT2D eigenvalue weighted by Crippen LogP contribution is -2.30. The number of halogens is 1. The van der Waals surface area contributed by atoms with Crippen LogP contribution in [0.5, 0.6) is 0 Å². The highest BCUT2D eigenvalue weighted by atomic mass is 35.5. The summed E-state index contributed by atoms with van der Waals surface area (Å²) in [6, 6.07) is 21.4. The van der Waals surface area contributed by atoms with Gasteiger partial charge in [-0.1, -0.05) is 41.9 Å². The highest BCUT2D eigenvalue weighted by Gasteiger charge is 2.25. The monoisotopic (exact) mass is 455 g/mol. The zero-order chi connectivity index (χ0) is 22.8. The van der Waals surface area contributed by atoms with Gasteiger partial charge in [-0.05, 0) is 42.5 Å². The first-order chi connectivity index (χ1) is 16.1. The predicted molar refractivity (Wildman–Crippen MR) is 128 cm³/mol. The molecule has 2 N–H and O–H groups in total. The minimum atomic E-state index is -0.371. The highest BCUT2D eigenvalue weighted by Crippen LogP contribution is 2.35. The summed E-state index contributed by atoms with van der Waals surface area (Å²) in [5.41, 5.74) is 3.19. The van der Waals surface area contributed by atoms with Crippen molar-refractivity contribution < 1.29 is 9.59 Å². The van der Waals surface area contributed by atoms with Crippen LogP contribution in [0.3, 0.4) is 0 Å². The summed E-state index contributed by atoms with van der Waals surface area (Å²) in [5, 5.41) is 6.37. The van der Waals surface area contributed by atoms with Crippen LogP contribution < -0.4 is 15.5 Å². The van der Waals surface area contributed by atoms with Crippen LogP contribution in [0.25, 0.3) is 0 Å². The second kappa shape index (κ2) is 8.72. The van der Waals surface area contributed by atoms with Crippen molar-refractivity contribution in [1.82, 2.24) is 9.97 Å². The molecule has 2 aromatic heterocycles. The molecule has 1 aliphatic rings. The second-order valence-electron chi connectivity index (χ2n) is 7.41. The van der Waals surface area contributed by atoms with Gasteiger partial charge < -0.3 is 15.5 Å². The molecule has 5 rings (SSSR count). The van der Waals surface area contributed by atoms with Crippen molar-refractivity contribution in [3.05, 3.63) is 107 Å². The van der Waals surface area contributed by atoms with Crippen molar-refractivity contribution in [2.45, 2.75) is 6.54 Å². The molecular weight excluding hydrogens is 438 g/mol. The van der Waals surface area contributed by atoms with Gasteiger partial charge in [-0.15, -0.1) is 0 Å². The Morgan fingerprint density at radius 2 is 1.76 bits per heavy atom. The van der Waals surface area contributed by atoms with Crippen LogP contribution in [0.15, 0.2) is 85.2 Å². The van der Waals surface area contributed by atoms with Gasteiger partial charge in [-0.25, -0.2) is 9.97 Å². The molecule has 3 heterocycles. The maximum absolute atomic E-state index is 13.5. The number of para-hydroxylation sites is 2. The number of hydrogen-bond donors (Lipinski definition) is 2. The van der Waals surface area contributed by atoms with Crippen LogP contribution in [-0.2, 0) is 6.54 Å². The van der Waals surface area contributed by atoms with E-state index in [1.807, 2.05) is 36.4 Å². The average molecular weight is 456 g/mol. The Kier molecular flexibility index (Phi) is 5.46.